The number of morpholine rings is 1. The van der Waals surface area contributed by atoms with Crippen molar-refractivity contribution in [2.45, 2.75) is 31.8 Å². The van der Waals surface area contributed by atoms with Crippen molar-refractivity contribution in [2.24, 2.45) is 0 Å². The highest BCUT2D eigenvalue weighted by Crippen LogP contribution is 2.22. The molecular formula is C24H30N4O3S. The number of nitrogens with zero attached hydrogens (tertiary/aromatic N) is 4. The lowest BCUT2D eigenvalue weighted by atomic mass is 10.1. The van der Waals surface area contributed by atoms with Gasteiger partial charge in [-0.1, -0.05) is 30.3 Å². The number of ether oxygens (including phenoxy) is 1. The van der Waals surface area contributed by atoms with Gasteiger partial charge in [-0.05, 0) is 50.7 Å². The van der Waals surface area contributed by atoms with Crippen LogP contribution in [0.1, 0.15) is 22.5 Å². The van der Waals surface area contributed by atoms with Crippen molar-refractivity contribution in [3.63, 3.8) is 0 Å². The molecule has 1 aromatic heterocycles. The summed E-state index contributed by atoms with van der Waals surface area (Å²) in [6, 6.07) is 17.4. The van der Waals surface area contributed by atoms with Gasteiger partial charge < -0.3 is 4.74 Å². The van der Waals surface area contributed by atoms with Crippen LogP contribution in [-0.2, 0) is 27.8 Å². The zero-order valence-electron chi connectivity index (χ0n) is 18.9. The fraction of sp³-hybridized carbons (Fsp3) is 0.375. The second kappa shape index (κ2) is 9.54. The third kappa shape index (κ3) is 4.78. The van der Waals surface area contributed by atoms with E-state index in [1.165, 1.54) is 9.87 Å². The standard InChI is InChI=1S/C24H30N4O3S/c1-19-24(20(2)28(25-19)22-9-5-4-6-10-22)18-26(3)17-21-8-7-11-23(16-21)32(29,30)27-12-14-31-15-13-27/h4-11,16H,12-15,17-18H2,1-3H3. The molecule has 2 aromatic carbocycles. The van der Waals surface area contributed by atoms with Gasteiger partial charge in [-0.2, -0.15) is 9.40 Å². The maximum Gasteiger partial charge on any atom is 0.243 e. The highest BCUT2D eigenvalue weighted by atomic mass is 32.2. The van der Waals surface area contributed by atoms with Crippen LogP contribution in [0.2, 0.25) is 0 Å². The Morgan fingerprint density at radius 1 is 1.00 bits per heavy atom. The summed E-state index contributed by atoms with van der Waals surface area (Å²) < 4.78 is 34.8. The van der Waals surface area contributed by atoms with E-state index in [1.54, 1.807) is 12.1 Å². The monoisotopic (exact) mass is 454 g/mol. The van der Waals surface area contributed by atoms with Crippen LogP contribution in [0.15, 0.2) is 59.5 Å². The fourth-order valence-corrected chi connectivity index (χ4v) is 5.58. The van der Waals surface area contributed by atoms with Gasteiger partial charge in [0.1, 0.15) is 0 Å². The molecule has 0 spiro atoms. The van der Waals surface area contributed by atoms with Gasteiger partial charge in [-0.25, -0.2) is 13.1 Å². The Morgan fingerprint density at radius 2 is 1.72 bits per heavy atom. The number of aryl methyl sites for hydroxylation is 1. The fourth-order valence-electron chi connectivity index (χ4n) is 4.10. The summed E-state index contributed by atoms with van der Waals surface area (Å²) in [5.74, 6) is 0. The first kappa shape index (κ1) is 22.7. The first-order chi connectivity index (χ1) is 15.4. The third-order valence-electron chi connectivity index (χ3n) is 5.83. The molecule has 0 amide bonds. The molecule has 2 heterocycles. The molecule has 0 atom stereocenters. The van der Waals surface area contributed by atoms with Gasteiger partial charge in [-0.15, -0.1) is 0 Å². The van der Waals surface area contributed by atoms with Crippen LogP contribution in [0, 0.1) is 13.8 Å². The molecule has 1 aliphatic rings. The largest absolute Gasteiger partial charge is 0.379 e. The molecule has 0 bridgehead atoms. The average Bonchev–Trinajstić information content (AvgIpc) is 3.08. The summed E-state index contributed by atoms with van der Waals surface area (Å²) in [4.78, 5) is 2.53. The molecule has 32 heavy (non-hydrogen) atoms. The number of para-hydroxylation sites is 1. The minimum Gasteiger partial charge on any atom is -0.379 e. The van der Waals surface area contributed by atoms with E-state index in [0.29, 0.717) is 37.7 Å². The van der Waals surface area contributed by atoms with Gasteiger partial charge in [0.15, 0.2) is 0 Å². The number of rotatable bonds is 7. The Labute approximate surface area is 190 Å². The lowest BCUT2D eigenvalue weighted by molar-refractivity contribution is 0.0730. The van der Waals surface area contributed by atoms with Crippen molar-refractivity contribution in [3.8, 4) is 5.69 Å². The molecule has 0 aliphatic carbocycles. The highest BCUT2D eigenvalue weighted by Gasteiger charge is 2.26. The van der Waals surface area contributed by atoms with Crippen LogP contribution >= 0.6 is 0 Å². The van der Waals surface area contributed by atoms with E-state index in [9.17, 15) is 8.42 Å². The molecule has 170 valence electrons. The van der Waals surface area contributed by atoms with Crippen LogP contribution in [0.5, 0.6) is 0 Å². The van der Waals surface area contributed by atoms with Gasteiger partial charge in [0.2, 0.25) is 10.0 Å². The first-order valence-corrected chi connectivity index (χ1v) is 12.3. The van der Waals surface area contributed by atoms with Crippen molar-refractivity contribution in [1.29, 1.82) is 0 Å². The summed E-state index contributed by atoms with van der Waals surface area (Å²) >= 11 is 0. The van der Waals surface area contributed by atoms with E-state index in [4.69, 9.17) is 9.84 Å². The molecule has 1 aliphatic heterocycles. The Kier molecular flexibility index (Phi) is 6.76. The van der Waals surface area contributed by atoms with E-state index in [2.05, 4.69) is 11.8 Å². The van der Waals surface area contributed by atoms with Gasteiger partial charge in [0.25, 0.3) is 0 Å². The molecule has 4 rings (SSSR count). The zero-order chi connectivity index (χ0) is 22.7. The zero-order valence-corrected chi connectivity index (χ0v) is 19.7. The van der Waals surface area contributed by atoms with Gasteiger partial charge >= 0.3 is 0 Å². The smallest absolute Gasteiger partial charge is 0.243 e. The van der Waals surface area contributed by atoms with E-state index < -0.39 is 10.0 Å². The van der Waals surface area contributed by atoms with Crippen molar-refractivity contribution in [3.05, 3.63) is 77.1 Å². The molecule has 0 radical (unpaired) electrons. The second-order valence-corrected chi connectivity index (χ2v) is 10.2. The molecule has 0 N–H and O–H groups in total. The second-order valence-electron chi connectivity index (χ2n) is 8.23. The normalized spacial score (nSPS) is 15.4. The lowest BCUT2D eigenvalue weighted by Crippen LogP contribution is -2.40. The Morgan fingerprint density at radius 3 is 2.44 bits per heavy atom. The number of hydrogen-bond donors (Lipinski definition) is 0. The van der Waals surface area contributed by atoms with E-state index in [0.717, 1.165) is 29.2 Å². The van der Waals surface area contributed by atoms with Gasteiger partial charge in [-0.3, -0.25) is 4.90 Å². The number of sulfonamides is 1. The Balaban J connectivity index is 1.49. The summed E-state index contributed by atoms with van der Waals surface area (Å²) in [6.07, 6.45) is 0. The summed E-state index contributed by atoms with van der Waals surface area (Å²) in [5, 5.41) is 4.73. The minimum absolute atomic E-state index is 0.342. The number of aromatic nitrogens is 2. The van der Waals surface area contributed by atoms with Crippen molar-refractivity contribution < 1.29 is 13.2 Å². The molecule has 0 saturated carbocycles. The van der Waals surface area contributed by atoms with Crippen molar-refractivity contribution in [1.82, 2.24) is 19.0 Å². The van der Waals surface area contributed by atoms with Gasteiger partial charge in [0.05, 0.1) is 29.5 Å². The minimum atomic E-state index is -3.50. The molecule has 1 fully saturated rings. The van der Waals surface area contributed by atoms with Gasteiger partial charge in [0, 0.05) is 37.4 Å². The van der Waals surface area contributed by atoms with Crippen LogP contribution in [0.25, 0.3) is 5.69 Å². The van der Waals surface area contributed by atoms with E-state index >= 15 is 0 Å². The average molecular weight is 455 g/mol. The lowest BCUT2D eigenvalue weighted by Gasteiger charge is -2.26. The maximum atomic E-state index is 13.0. The third-order valence-corrected chi connectivity index (χ3v) is 7.72. The number of benzene rings is 2. The summed E-state index contributed by atoms with van der Waals surface area (Å²) in [7, 11) is -1.45. The first-order valence-electron chi connectivity index (χ1n) is 10.8. The van der Waals surface area contributed by atoms with Crippen LogP contribution in [-0.4, -0.2) is 60.8 Å². The van der Waals surface area contributed by atoms with Crippen molar-refractivity contribution >= 4 is 10.0 Å². The molecule has 0 unspecified atom stereocenters. The summed E-state index contributed by atoms with van der Waals surface area (Å²) in [6.45, 7) is 7.17. The van der Waals surface area contributed by atoms with Crippen LogP contribution in [0.3, 0.4) is 0 Å². The quantitative estimate of drug-likeness (QED) is 0.549. The van der Waals surface area contributed by atoms with E-state index in [-0.39, 0.29) is 0 Å². The number of hydrogen-bond acceptors (Lipinski definition) is 5. The SMILES string of the molecule is Cc1nn(-c2ccccc2)c(C)c1CN(C)Cc1cccc(S(=O)(=O)N2CCOCC2)c1. The maximum absolute atomic E-state index is 13.0. The van der Waals surface area contributed by atoms with Crippen molar-refractivity contribution in [2.75, 3.05) is 33.4 Å². The molecular weight excluding hydrogens is 424 g/mol. The molecule has 7 nitrogen and oxygen atoms in total. The topological polar surface area (TPSA) is 67.7 Å². The predicted octanol–water partition coefficient (Wildman–Crippen LogP) is 3.14. The van der Waals surface area contributed by atoms with E-state index in [1.807, 2.05) is 61.1 Å². The van der Waals surface area contributed by atoms with Crippen LogP contribution < -0.4 is 0 Å². The molecule has 1 saturated heterocycles. The summed E-state index contributed by atoms with van der Waals surface area (Å²) in [5.41, 5.74) is 5.31. The molecule has 3 aromatic rings. The predicted molar refractivity (Wildman–Crippen MR) is 124 cm³/mol. The van der Waals surface area contributed by atoms with Crippen LogP contribution in [0.4, 0.5) is 0 Å². The Hall–Kier alpha value is -2.52. The Bertz CT molecular complexity index is 1170. The molecule has 8 heteroatoms. The highest BCUT2D eigenvalue weighted by molar-refractivity contribution is 7.89.